The largest absolute Gasteiger partial charge is 0.313 e. The maximum atomic E-state index is 4.17. The first-order valence-electron chi connectivity index (χ1n) is 11.4. The van der Waals surface area contributed by atoms with Crippen LogP contribution in [0.25, 0.3) is 0 Å². The Morgan fingerprint density at radius 2 is 1.17 bits per heavy atom. The van der Waals surface area contributed by atoms with Gasteiger partial charge in [0.15, 0.2) is 0 Å². The minimum Gasteiger partial charge on any atom is -0.313 e. The van der Waals surface area contributed by atoms with E-state index in [0.29, 0.717) is 5.41 Å². The van der Waals surface area contributed by atoms with Crippen LogP contribution in [0.5, 0.6) is 0 Å². The second-order valence-corrected chi connectivity index (χ2v) is 11.5. The van der Waals surface area contributed by atoms with Crippen LogP contribution in [0, 0.1) is 52.8 Å². The molecule has 1 heteroatoms. The Bertz CT molecular complexity index is 445. The van der Waals surface area contributed by atoms with E-state index in [0.717, 1.165) is 53.4 Å². The molecule has 8 aliphatic carbocycles. The molecule has 8 bridgehead atoms. The third-order valence-corrected chi connectivity index (χ3v) is 10.1. The van der Waals surface area contributed by atoms with Gasteiger partial charge in [-0.2, -0.15) is 0 Å². The molecule has 1 nitrogen and oxygen atoms in total. The summed E-state index contributed by atoms with van der Waals surface area (Å²) in [6, 6.07) is 0.781. The first kappa shape index (κ1) is 15.1. The average Bonchev–Trinajstić information content (AvgIpc) is 2.52. The van der Waals surface area contributed by atoms with Crippen LogP contribution in [-0.2, 0) is 0 Å². The molecule has 8 aliphatic rings. The zero-order valence-electron chi connectivity index (χ0n) is 15.7. The van der Waals surface area contributed by atoms with Crippen LogP contribution in [-0.4, -0.2) is 12.6 Å². The van der Waals surface area contributed by atoms with Crippen molar-refractivity contribution in [3.8, 4) is 0 Å². The molecule has 0 spiro atoms. The highest BCUT2D eigenvalue weighted by Gasteiger charge is 2.53. The van der Waals surface area contributed by atoms with Gasteiger partial charge in [0.05, 0.1) is 0 Å². The molecule has 1 N–H and O–H groups in total. The molecular weight excluding hydrogens is 290 g/mol. The maximum absolute atomic E-state index is 4.17. The first-order chi connectivity index (χ1) is 11.7. The smallest absolute Gasteiger partial charge is 0.00956 e. The highest BCUT2D eigenvalue weighted by molar-refractivity contribution is 5.06. The molecule has 0 radical (unpaired) electrons. The third kappa shape index (κ3) is 2.22. The highest BCUT2D eigenvalue weighted by atomic mass is 14.9. The fourth-order valence-electron chi connectivity index (χ4n) is 9.61. The van der Waals surface area contributed by atoms with E-state index in [2.05, 4.69) is 12.2 Å². The summed E-state index contributed by atoms with van der Waals surface area (Å²) in [5, 5.41) is 4.17. The summed E-state index contributed by atoms with van der Waals surface area (Å²) in [7, 11) is 0. The van der Waals surface area contributed by atoms with E-state index in [-0.39, 0.29) is 0 Å². The molecule has 134 valence electrons. The van der Waals surface area contributed by atoms with Crippen molar-refractivity contribution in [2.45, 2.75) is 83.6 Å². The number of hydrogen-bond donors (Lipinski definition) is 1. The van der Waals surface area contributed by atoms with Gasteiger partial charge in [0.2, 0.25) is 0 Å². The van der Waals surface area contributed by atoms with Crippen molar-refractivity contribution in [3.63, 3.8) is 0 Å². The van der Waals surface area contributed by atoms with Crippen LogP contribution in [0.3, 0.4) is 0 Å². The molecule has 8 fully saturated rings. The molecular formula is C23H37N. The normalized spacial score (nSPS) is 58.4. The van der Waals surface area contributed by atoms with Gasteiger partial charge in [-0.05, 0) is 137 Å². The second-order valence-electron chi connectivity index (χ2n) is 11.5. The van der Waals surface area contributed by atoms with Crippen LogP contribution < -0.4 is 5.32 Å². The number of rotatable bonds is 4. The lowest BCUT2D eigenvalue weighted by Gasteiger charge is -2.59. The Labute approximate surface area is 148 Å². The summed E-state index contributed by atoms with van der Waals surface area (Å²) in [4.78, 5) is 0. The lowest BCUT2D eigenvalue weighted by Crippen LogP contribution is -2.56. The summed E-state index contributed by atoms with van der Waals surface area (Å²) in [6.45, 7) is 3.93. The maximum Gasteiger partial charge on any atom is 0.00956 e. The summed E-state index contributed by atoms with van der Waals surface area (Å²) in [5.74, 6) is 8.78. The summed E-state index contributed by atoms with van der Waals surface area (Å²) < 4.78 is 0. The third-order valence-electron chi connectivity index (χ3n) is 10.1. The van der Waals surface area contributed by atoms with Crippen molar-refractivity contribution >= 4 is 0 Å². The van der Waals surface area contributed by atoms with Gasteiger partial charge in [-0.3, -0.25) is 0 Å². The van der Waals surface area contributed by atoms with E-state index in [1.54, 1.807) is 70.6 Å². The van der Waals surface area contributed by atoms with Gasteiger partial charge < -0.3 is 5.32 Å². The molecule has 24 heavy (non-hydrogen) atoms. The van der Waals surface area contributed by atoms with Crippen molar-refractivity contribution in [1.82, 2.24) is 5.32 Å². The van der Waals surface area contributed by atoms with Gasteiger partial charge in [0.1, 0.15) is 0 Å². The van der Waals surface area contributed by atoms with Gasteiger partial charge in [0, 0.05) is 6.04 Å². The molecule has 0 aromatic carbocycles. The standard InChI is InChI=1S/C23H37N/c1-14(23-10-17-3-18(11-23)5-19(4-17)12-23)24-13-22-20-6-15-2-16(8-20)9-21(22)7-15/h14-22,24H,2-13H2,1H3. The van der Waals surface area contributed by atoms with E-state index in [1.807, 2.05) is 0 Å². The second kappa shape index (κ2) is 5.24. The molecule has 0 heterocycles. The molecule has 0 aromatic heterocycles. The Kier molecular flexibility index (Phi) is 3.29. The van der Waals surface area contributed by atoms with Crippen molar-refractivity contribution in [2.24, 2.45) is 52.8 Å². The Balaban J connectivity index is 1.13. The number of nitrogens with one attached hydrogen (secondary N) is 1. The van der Waals surface area contributed by atoms with Gasteiger partial charge in [-0.1, -0.05) is 0 Å². The van der Waals surface area contributed by atoms with Gasteiger partial charge in [0.25, 0.3) is 0 Å². The van der Waals surface area contributed by atoms with Crippen LogP contribution in [0.1, 0.15) is 77.6 Å². The van der Waals surface area contributed by atoms with E-state index < -0.39 is 0 Å². The fraction of sp³-hybridized carbons (Fsp3) is 1.00. The van der Waals surface area contributed by atoms with Gasteiger partial charge in [-0.15, -0.1) is 0 Å². The van der Waals surface area contributed by atoms with Crippen molar-refractivity contribution < 1.29 is 0 Å². The van der Waals surface area contributed by atoms with Crippen LogP contribution >= 0.6 is 0 Å². The van der Waals surface area contributed by atoms with Gasteiger partial charge in [-0.25, -0.2) is 0 Å². The van der Waals surface area contributed by atoms with Crippen LogP contribution in [0.15, 0.2) is 0 Å². The van der Waals surface area contributed by atoms with E-state index in [4.69, 9.17) is 0 Å². The minimum atomic E-state index is 0.695. The molecule has 0 saturated heterocycles. The molecule has 8 saturated carbocycles. The van der Waals surface area contributed by atoms with Crippen molar-refractivity contribution in [3.05, 3.63) is 0 Å². The predicted octanol–water partition coefficient (Wildman–Crippen LogP) is 5.25. The molecule has 0 amide bonds. The minimum absolute atomic E-state index is 0.695. The lowest BCUT2D eigenvalue weighted by molar-refractivity contribution is -0.0763. The predicted molar refractivity (Wildman–Crippen MR) is 98.6 cm³/mol. The highest BCUT2D eigenvalue weighted by Crippen LogP contribution is 2.61. The summed E-state index contributed by atoms with van der Waals surface area (Å²) in [6.07, 6.45) is 17.4. The van der Waals surface area contributed by atoms with Crippen LogP contribution in [0.2, 0.25) is 0 Å². The average molecular weight is 328 g/mol. The summed E-state index contributed by atoms with van der Waals surface area (Å²) >= 11 is 0. The molecule has 8 rings (SSSR count). The van der Waals surface area contributed by atoms with E-state index in [9.17, 15) is 0 Å². The molecule has 0 aromatic rings. The Morgan fingerprint density at radius 1 is 0.708 bits per heavy atom. The van der Waals surface area contributed by atoms with Crippen molar-refractivity contribution in [1.29, 1.82) is 0 Å². The molecule has 1 unspecified atom stereocenters. The van der Waals surface area contributed by atoms with E-state index in [1.165, 1.54) is 6.54 Å². The lowest BCUT2D eigenvalue weighted by atomic mass is 9.47. The molecule has 1 atom stereocenters. The SMILES string of the molecule is CC(NCC1C2CC3CC(C2)CC1C3)C12CC3CC(CC(C3)C1)C2. The summed E-state index contributed by atoms with van der Waals surface area (Å²) in [5.41, 5.74) is 0.695. The number of hydrogen-bond acceptors (Lipinski definition) is 1. The topological polar surface area (TPSA) is 12.0 Å². The first-order valence-corrected chi connectivity index (χ1v) is 11.4. The Morgan fingerprint density at radius 3 is 1.67 bits per heavy atom. The van der Waals surface area contributed by atoms with Gasteiger partial charge >= 0.3 is 0 Å². The van der Waals surface area contributed by atoms with E-state index >= 15 is 0 Å². The fourth-order valence-corrected chi connectivity index (χ4v) is 9.61. The zero-order chi connectivity index (χ0) is 15.9. The molecule has 0 aliphatic heterocycles. The zero-order valence-corrected chi connectivity index (χ0v) is 15.7. The monoisotopic (exact) mass is 327 g/mol. The van der Waals surface area contributed by atoms with Crippen molar-refractivity contribution in [2.75, 3.05) is 6.54 Å². The van der Waals surface area contributed by atoms with Crippen LogP contribution in [0.4, 0.5) is 0 Å². The quantitative estimate of drug-likeness (QED) is 0.743. The Hall–Kier alpha value is -0.0400.